The van der Waals surface area contributed by atoms with Crippen molar-refractivity contribution in [1.29, 1.82) is 0 Å². The van der Waals surface area contributed by atoms with Crippen LogP contribution in [0.15, 0.2) is 0 Å². The molecule has 1 aromatic rings. The maximum atomic E-state index is 5.59. The minimum atomic E-state index is 0.673. The Morgan fingerprint density at radius 1 is 1.07 bits per heavy atom. The molecule has 2 N–H and O–H groups in total. The lowest BCUT2D eigenvalue weighted by Crippen LogP contribution is -2.12. The van der Waals surface area contributed by atoms with Gasteiger partial charge in [0.05, 0.1) is 0 Å². The van der Waals surface area contributed by atoms with E-state index in [9.17, 15) is 0 Å². The normalized spacial score (nSPS) is 10.6. The topological polar surface area (TPSA) is 51.8 Å². The van der Waals surface area contributed by atoms with Crippen LogP contribution in [0, 0.1) is 6.92 Å². The molecule has 0 aromatic carbocycles. The lowest BCUT2D eigenvalue weighted by Gasteiger charge is -2.11. The van der Waals surface area contributed by atoms with E-state index >= 15 is 0 Å². The van der Waals surface area contributed by atoms with Gasteiger partial charge in [-0.25, -0.2) is 9.97 Å². The van der Waals surface area contributed by atoms with Gasteiger partial charge in [-0.1, -0.05) is 13.8 Å². The molecule has 3 nitrogen and oxygen atoms in total. The largest absolute Gasteiger partial charge is 0.330 e. The molecule has 0 aliphatic rings. The third-order valence-corrected chi connectivity index (χ3v) is 2.35. The van der Waals surface area contributed by atoms with Gasteiger partial charge in [0.15, 0.2) is 0 Å². The zero-order valence-electron chi connectivity index (χ0n) is 9.30. The van der Waals surface area contributed by atoms with Crippen molar-refractivity contribution >= 4 is 0 Å². The van der Waals surface area contributed by atoms with Gasteiger partial charge in [-0.15, -0.1) is 0 Å². The van der Waals surface area contributed by atoms with Crippen LogP contribution in [0.5, 0.6) is 0 Å². The predicted octanol–water partition coefficient (Wildman–Crippen LogP) is 1.41. The summed E-state index contributed by atoms with van der Waals surface area (Å²) in [5, 5.41) is 0. The average molecular weight is 193 g/mol. The lowest BCUT2D eigenvalue weighted by molar-refractivity contribution is 0.819. The van der Waals surface area contributed by atoms with Crippen LogP contribution in [0.4, 0.5) is 0 Å². The van der Waals surface area contributed by atoms with Crippen molar-refractivity contribution in [2.24, 2.45) is 5.73 Å². The van der Waals surface area contributed by atoms with Crippen molar-refractivity contribution in [3.8, 4) is 0 Å². The molecule has 0 saturated heterocycles. The van der Waals surface area contributed by atoms with Crippen LogP contribution in [-0.2, 0) is 19.3 Å². The van der Waals surface area contributed by atoms with Crippen molar-refractivity contribution in [3.05, 3.63) is 22.8 Å². The van der Waals surface area contributed by atoms with E-state index in [1.807, 2.05) is 6.92 Å². The quantitative estimate of drug-likeness (QED) is 0.786. The van der Waals surface area contributed by atoms with E-state index in [2.05, 4.69) is 23.8 Å². The van der Waals surface area contributed by atoms with Gasteiger partial charge in [0.1, 0.15) is 5.82 Å². The van der Waals surface area contributed by atoms with E-state index in [0.717, 1.165) is 25.1 Å². The molecular formula is C11H19N3. The molecule has 0 unspecified atom stereocenters. The predicted molar refractivity (Wildman–Crippen MR) is 58.3 cm³/mol. The molecular weight excluding hydrogens is 174 g/mol. The molecule has 0 aliphatic carbocycles. The number of aryl methyl sites for hydroxylation is 3. The smallest absolute Gasteiger partial charge is 0.125 e. The molecule has 0 spiro atoms. The summed E-state index contributed by atoms with van der Waals surface area (Å²) in [6.45, 7) is 6.87. The van der Waals surface area contributed by atoms with Crippen LogP contribution in [-0.4, -0.2) is 16.5 Å². The molecule has 0 saturated carbocycles. The first-order chi connectivity index (χ1) is 6.72. The summed E-state index contributed by atoms with van der Waals surface area (Å²) in [6, 6.07) is 0. The summed E-state index contributed by atoms with van der Waals surface area (Å²) in [6.07, 6.45) is 2.82. The third kappa shape index (κ3) is 2.29. The highest BCUT2D eigenvalue weighted by atomic mass is 14.9. The Labute approximate surface area is 85.8 Å². The summed E-state index contributed by atoms with van der Waals surface area (Å²) >= 11 is 0. The highest BCUT2D eigenvalue weighted by molar-refractivity contribution is 5.26. The van der Waals surface area contributed by atoms with Crippen LogP contribution in [0.2, 0.25) is 0 Å². The molecule has 1 aromatic heterocycles. The molecule has 0 fully saturated rings. The standard InChI is InChI=1S/C11H19N3/c1-4-10-9(6-7-12)11(5-2)14-8(3)13-10/h4-7,12H2,1-3H3. The second-order valence-corrected chi connectivity index (χ2v) is 3.39. The van der Waals surface area contributed by atoms with Gasteiger partial charge in [0, 0.05) is 11.4 Å². The summed E-state index contributed by atoms with van der Waals surface area (Å²) < 4.78 is 0. The summed E-state index contributed by atoms with van der Waals surface area (Å²) in [4.78, 5) is 8.90. The first kappa shape index (κ1) is 11.1. The maximum absolute atomic E-state index is 5.59. The second-order valence-electron chi connectivity index (χ2n) is 3.39. The molecule has 0 aliphatic heterocycles. The van der Waals surface area contributed by atoms with Gasteiger partial charge < -0.3 is 5.73 Å². The van der Waals surface area contributed by atoms with E-state index in [-0.39, 0.29) is 0 Å². The van der Waals surface area contributed by atoms with E-state index in [4.69, 9.17) is 5.73 Å². The SMILES string of the molecule is CCc1nc(C)nc(CC)c1CCN. The summed E-state index contributed by atoms with van der Waals surface area (Å²) in [5.74, 6) is 0.875. The maximum Gasteiger partial charge on any atom is 0.125 e. The molecule has 0 radical (unpaired) electrons. The van der Waals surface area contributed by atoms with Crippen molar-refractivity contribution in [2.45, 2.75) is 40.0 Å². The van der Waals surface area contributed by atoms with Gasteiger partial charge in [0.25, 0.3) is 0 Å². The van der Waals surface area contributed by atoms with Crippen LogP contribution in [0.25, 0.3) is 0 Å². The molecule has 0 bridgehead atoms. The number of hydrogen-bond acceptors (Lipinski definition) is 3. The first-order valence-electron chi connectivity index (χ1n) is 5.28. The van der Waals surface area contributed by atoms with Gasteiger partial charge in [-0.3, -0.25) is 0 Å². The second kappa shape index (κ2) is 5.05. The Morgan fingerprint density at radius 3 is 1.93 bits per heavy atom. The van der Waals surface area contributed by atoms with Crippen LogP contribution >= 0.6 is 0 Å². The molecule has 0 amide bonds. The van der Waals surface area contributed by atoms with Crippen molar-refractivity contribution in [1.82, 2.24) is 9.97 Å². The lowest BCUT2D eigenvalue weighted by atomic mass is 10.0. The Kier molecular flexibility index (Phi) is 4.01. The van der Waals surface area contributed by atoms with Crippen molar-refractivity contribution in [3.63, 3.8) is 0 Å². The number of aromatic nitrogens is 2. The molecule has 78 valence electrons. The number of hydrogen-bond donors (Lipinski definition) is 1. The van der Waals surface area contributed by atoms with Crippen LogP contribution in [0.3, 0.4) is 0 Å². The summed E-state index contributed by atoms with van der Waals surface area (Å²) in [7, 11) is 0. The van der Waals surface area contributed by atoms with Gasteiger partial charge in [-0.2, -0.15) is 0 Å². The highest BCUT2D eigenvalue weighted by Gasteiger charge is 2.09. The number of nitrogens with two attached hydrogens (primary N) is 1. The fourth-order valence-electron chi connectivity index (χ4n) is 1.73. The monoisotopic (exact) mass is 193 g/mol. The Bertz CT molecular complexity index is 282. The average Bonchev–Trinajstić information content (AvgIpc) is 2.20. The van der Waals surface area contributed by atoms with E-state index in [0.29, 0.717) is 6.54 Å². The minimum absolute atomic E-state index is 0.673. The third-order valence-electron chi connectivity index (χ3n) is 2.35. The van der Waals surface area contributed by atoms with E-state index in [1.54, 1.807) is 0 Å². The van der Waals surface area contributed by atoms with Crippen molar-refractivity contribution in [2.75, 3.05) is 6.54 Å². The van der Waals surface area contributed by atoms with Gasteiger partial charge >= 0.3 is 0 Å². The van der Waals surface area contributed by atoms with Gasteiger partial charge in [0.2, 0.25) is 0 Å². The van der Waals surface area contributed by atoms with E-state index < -0.39 is 0 Å². The van der Waals surface area contributed by atoms with Gasteiger partial charge in [-0.05, 0) is 38.3 Å². The fourth-order valence-corrected chi connectivity index (χ4v) is 1.73. The Hall–Kier alpha value is -0.960. The number of rotatable bonds is 4. The Balaban J connectivity index is 3.18. The van der Waals surface area contributed by atoms with E-state index in [1.165, 1.54) is 17.0 Å². The molecule has 14 heavy (non-hydrogen) atoms. The van der Waals surface area contributed by atoms with Crippen molar-refractivity contribution < 1.29 is 0 Å². The zero-order chi connectivity index (χ0) is 10.6. The molecule has 1 rings (SSSR count). The molecule has 1 heterocycles. The minimum Gasteiger partial charge on any atom is -0.330 e. The number of nitrogens with zero attached hydrogens (tertiary/aromatic N) is 2. The molecule has 3 heteroatoms. The van der Waals surface area contributed by atoms with Crippen LogP contribution in [0.1, 0.15) is 36.6 Å². The first-order valence-corrected chi connectivity index (χ1v) is 5.28. The molecule has 0 atom stereocenters. The summed E-state index contributed by atoms with van der Waals surface area (Å²) in [5.41, 5.74) is 9.19. The fraction of sp³-hybridized carbons (Fsp3) is 0.636. The van der Waals surface area contributed by atoms with Crippen LogP contribution < -0.4 is 5.73 Å². The Morgan fingerprint density at radius 2 is 1.57 bits per heavy atom. The highest BCUT2D eigenvalue weighted by Crippen LogP contribution is 2.13. The zero-order valence-corrected chi connectivity index (χ0v) is 9.30.